The summed E-state index contributed by atoms with van der Waals surface area (Å²) in [5, 5.41) is 15.1. The summed E-state index contributed by atoms with van der Waals surface area (Å²) in [6.45, 7) is 11.5. The van der Waals surface area contributed by atoms with Crippen LogP contribution in [0.4, 0.5) is 0 Å². The van der Waals surface area contributed by atoms with E-state index in [9.17, 15) is 9.90 Å². The Kier molecular flexibility index (Phi) is 4.30. The summed E-state index contributed by atoms with van der Waals surface area (Å²) in [7, 11) is 0. The Morgan fingerprint density at radius 1 is 0.862 bits per heavy atom. The molecule has 4 aliphatic carbocycles. The zero-order chi connectivity index (χ0) is 20.9. The molecule has 0 aromatic heterocycles. The van der Waals surface area contributed by atoms with Crippen molar-refractivity contribution in [3.8, 4) is 0 Å². The number of piperidine rings is 1. The minimum Gasteiger partial charge on any atom is -0.390 e. The van der Waals surface area contributed by atoms with Gasteiger partial charge >= 0.3 is 0 Å². The fourth-order valence-corrected chi connectivity index (χ4v) is 9.60. The van der Waals surface area contributed by atoms with Gasteiger partial charge in [-0.05, 0) is 113 Å². The van der Waals surface area contributed by atoms with Gasteiger partial charge in [0.25, 0.3) is 0 Å². The number of aliphatic hydroxyl groups is 1. The lowest BCUT2D eigenvalue weighted by Crippen LogP contribution is -2.66. The van der Waals surface area contributed by atoms with Crippen molar-refractivity contribution in [3.63, 3.8) is 0 Å². The van der Waals surface area contributed by atoms with E-state index in [4.69, 9.17) is 0 Å². The molecule has 1 saturated heterocycles. The number of carbonyl (C=O) groups excluding carboxylic acids is 1. The predicted molar refractivity (Wildman–Crippen MR) is 117 cm³/mol. The van der Waals surface area contributed by atoms with Crippen LogP contribution in [-0.2, 0) is 4.79 Å². The van der Waals surface area contributed by atoms with Crippen LogP contribution < -0.4 is 5.32 Å². The first-order chi connectivity index (χ1) is 13.4. The molecule has 3 heteroatoms. The third kappa shape index (κ3) is 2.85. The number of hydrogen-bond acceptors (Lipinski definition) is 3. The molecule has 29 heavy (non-hydrogen) atoms. The van der Waals surface area contributed by atoms with E-state index in [1.165, 1.54) is 44.9 Å². The van der Waals surface area contributed by atoms with Gasteiger partial charge in [0.1, 0.15) is 5.78 Å². The highest BCUT2D eigenvalue weighted by Crippen LogP contribution is 2.69. The Hall–Kier alpha value is -0.410. The lowest BCUT2D eigenvalue weighted by atomic mass is 9.43. The molecule has 0 aromatic carbocycles. The first-order valence-electron chi connectivity index (χ1n) is 12.4. The molecule has 5 aliphatic rings. The van der Waals surface area contributed by atoms with Crippen LogP contribution in [0.5, 0.6) is 0 Å². The van der Waals surface area contributed by atoms with E-state index in [0.717, 1.165) is 37.0 Å². The monoisotopic (exact) mass is 401 g/mol. The first kappa shape index (κ1) is 20.5. The highest BCUT2D eigenvalue weighted by Gasteiger charge is 2.64. The fraction of sp³-hybridized carbons (Fsp3) is 0.962. The summed E-state index contributed by atoms with van der Waals surface area (Å²) < 4.78 is 0. The Morgan fingerprint density at radius 2 is 1.59 bits per heavy atom. The smallest absolute Gasteiger partial charge is 0.136 e. The second kappa shape index (κ2) is 6.09. The van der Waals surface area contributed by atoms with Gasteiger partial charge < -0.3 is 10.4 Å². The minimum absolute atomic E-state index is 0.0516. The van der Waals surface area contributed by atoms with Crippen molar-refractivity contribution < 1.29 is 9.90 Å². The number of rotatable bonds is 0. The summed E-state index contributed by atoms with van der Waals surface area (Å²) in [5.74, 6) is 3.54. The summed E-state index contributed by atoms with van der Waals surface area (Å²) in [4.78, 5) is 12.6. The molecule has 0 bridgehead atoms. The zero-order valence-electron chi connectivity index (χ0n) is 19.4. The van der Waals surface area contributed by atoms with E-state index in [2.05, 4.69) is 39.9 Å². The van der Waals surface area contributed by atoms with Crippen molar-refractivity contribution in [2.75, 3.05) is 0 Å². The van der Waals surface area contributed by atoms with Crippen LogP contribution in [0.2, 0.25) is 0 Å². The maximum absolute atomic E-state index is 12.6. The molecule has 0 amide bonds. The van der Waals surface area contributed by atoms with Crippen molar-refractivity contribution in [2.24, 2.45) is 34.5 Å². The van der Waals surface area contributed by atoms with Crippen LogP contribution in [0, 0.1) is 34.5 Å². The number of ketones is 1. The van der Waals surface area contributed by atoms with Crippen LogP contribution in [0.15, 0.2) is 0 Å². The van der Waals surface area contributed by atoms with E-state index < -0.39 is 5.60 Å². The average Bonchev–Trinajstić information content (AvgIpc) is 2.84. The third-order valence-corrected chi connectivity index (χ3v) is 11.2. The molecule has 4 saturated carbocycles. The number of fused-ring (bicyclic) bond motifs is 5. The molecule has 3 nitrogen and oxygen atoms in total. The molecule has 2 N–H and O–H groups in total. The lowest BCUT2D eigenvalue weighted by molar-refractivity contribution is -0.156. The second-order valence-electron chi connectivity index (χ2n) is 13.3. The van der Waals surface area contributed by atoms with Gasteiger partial charge in [0, 0.05) is 23.9 Å². The van der Waals surface area contributed by atoms with E-state index in [-0.39, 0.29) is 16.5 Å². The zero-order valence-corrected chi connectivity index (χ0v) is 19.4. The van der Waals surface area contributed by atoms with Crippen molar-refractivity contribution in [1.29, 1.82) is 0 Å². The number of carbonyl (C=O) groups is 1. The number of Topliss-reactive ketones (excluding diaryl/α,β-unsaturated/α-hetero) is 1. The van der Waals surface area contributed by atoms with Crippen LogP contribution in [0.1, 0.15) is 105 Å². The Morgan fingerprint density at radius 3 is 2.31 bits per heavy atom. The van der Waals surface area contributed by atoms with Gasteiger partial charge in [0.2, 0.25) is 0 Å². The van der Waals surface area contributed by atoms with E-state index in [1.54, 1.807) is 0 Å². The quantitative estimate of drug-likeness (QED) is 0.583. The molecule has 1 heterocycles. The lowest BCUT2D eigenvalue weighted by Gasteiger charge is -2.64. The minimum atomic E-state index is -0.477. The van der Waals surface area contributed by atoms with Crippen molar-refractivity contribution >= 4 is 5.78 Å². The van der Waals surface area contributed by atoms with Gasteiger partial charge in [0.05, 0.1) is 5.60 Å². The highest BCUT2D eigenvalue weighted by atomic mass is 16.3. The molecule has 1 aliphatic heterocycles. The van der Waals surface area contributed by atoms with Gasteiger partial charge in [-0.1, -0.05) is 13.8 Å². The van der Waals surface area contributed by atoms with Crippen LogP contribution >= 0.6 is 0 Å². The van der Waals surface area contributed by atoms with Gasteiger partial charge in [-0.15, -0.1) is 0 Å². The van der Waals surface area contributed by atoms with Gasteiger partial charge in [-0.3, -0.25) is 4.79 Å². The largest absolute Gasteiger partial charge is 0.390 e. The molecule has 7 unspecified atom stereocenters. The van der Waals surface area contributed by atoms with Crippen molar-refractivity contribution in [1.82, 2.24) is 5.32 Å². The molecule has 1 spiro atoms. The predicted octanol–water partition coefficient (Wildman–Crippen LogP) is 5.25. The van der Waals surface area contributed by atoms with E-state index >= 15 is 0 Å². The fourth-order valence-electron chi connectivity index (χ4n) is 9.60. The van der Waals surface area contributed by atoms with Gasteiger partial charge in [-0.25, -0.2) is 0 Å². The topological polar surface area (TPSA) is 49.3 Å². The highest BCUT2D eigenvalue weighted by molar-refractivity contribution is 5.82. The maximum Gasteiger partial charge on any atom is 0.136 e. The summed E-state index contributed by atoms with van der Waals surface area (Å²) in [6, 6.07) is 0. The van der Waals surface area contributed by atoms with E-state index in [1.807, 2.05) is 0 Å². The molecule has 164 valence electrons. The normalized spacial score (nSPS) is 56.6. The van der Waals surface area contributed by atoms with E-state index in [0.29, 0.717) is 23.5 Å². The number of hydrogen-bond donors (Lipinski definition) is 2. The van der Waals surface area contributed by atoms with Crippen LogP contribution in [0.25, 0.3) is 0 Å². The summed E-state index contributed by atoms with van der Waals surface area (Å²) in [6.07, 6.45) is 12.4. The number of nitrogens with one attached hydrogen (secondary N) is 1. The second-order valence-corrected chi connectivity index (χ2v) is 13.3. The molecular weight excluding hydrogens is 358 g/mol. The molecule has 0 aromatic rings. The molecule has 0 radical (unpaired) electrons. The third-order valence-electron chi connectivity index (χ3n) is 11.2. The Bertz CT molecular complexity index is 713. The van der Waals surface area contributed by atoms with Crippen molar-refractivity contribution in [2.45, 2.75) is 122 Å². The van der Waals surface area contributed by atoms with Gasteiger partial charge in [-0.2, -0.15) is 0 Å². The Labute approximate surface area is 177 Å². The molecule has 8 atom stereocenters. The standard InChI is InChI=1S/C26H43NO2/c1-22(2)15-18(28)16-26(27-22)13-12-23(3)17(14-26)6-7-19-20(23)8-10-24(4)21(19)9-11-25(24,5)29/h17,19-21,27,29H,6-16H2,1-5H3/t17?,19?,20?,21?,23?,24?,25-,26?/m0/s1. The van der Waals surface area contributed by atoms with Crippen LogP contribution in [0.3, 0.4) is 0 Å². The van der Waals surface area contributed by atoms with Crippen molar-refractivity contribution in [3.05, 3.63) is 0 Å². The first-order valence-corrected chi connectivity index (χ1v) is 12.4. The Balaban J connectivity index is 1.39. The maximum atomic E-state index is 12.6. The average molecular weight is 402 g/mol. The summed E-state index contributed by atoms with van der Waals surface area (Å²) in [5.41, 5.74) is 0.0677. The summed E-state index contributed by atoms with van der Waals surface area (Å²) >= 11 is 0. The van der Waals surface area contributed by atoms with Crippen LogP contribution in [-0.4, -0.2) is 27.6 Å². The van der Waals surface area contributed by atoms with Gasteiger partial charge in [0.15, 0.2) is 0 Å². The SMILES string of the molecule is CC1(C)CC(=O)CC2(CCC3(C)C(CCC4C3CCC3(C)C4CC[C@]3(C)O)C2)N1. The molecular formula is C26H43NO2. The molecule has 5 fully saturated rings. The molecule has 5 rings (SSSR count).